The van der Waals surface area contributed by atoms with Gasteiger partial charge < -0.3 is 15.5 Å². The number of hydrogen-bond acceptors (Lipinski definition) is 8. The van der Waals surface area contributed by atoms with Crippen molar-refractivity contribution in [2.45, 2.75) is 162 Å². The second kappa shape index (κ2) is 15.7. The van der Waals surface area contributed by atoms with E-state index < -0.39 is 44.9 Å². The Morgan fingerprint density at radius 1 is 0.879 bits per heavy atom. The fourth-order valence-corrected chi connectivity index (χ4v) is 14.4. The zero-order valence-corrected chi connectivity index (χ0v) is 36.9. The predicted molar refractivity (Wildman–Crippen MR) is 222 cm³/mol. The molecule has 2 aliphatic heterocycles. The van der Waals surface area contributed by atoms with Gasteiger partial charge in [-0.15, -0.1) is 6.58 Å². The van der Waals surface area contributed by atoms with Gasteiger partial charge in [-0.25, -0.2) is 4.72 Å². The molecule has 5 saturated carbocycles. The number of amides is 3. The number of likely N-dealkylation sites (tertiary alicyclic amines) is 1. The Bertz CT molecular complexity index is 1770. The van der Waals surface area contributed by atoms with Crippen LogP contribution in [0.4, 0.5) is 0 Å². The number of Topliss-reactive ketones (excluding diaryl/α,β-unsaturated/α-hetero) is 2. The highest BCUT2D eigenvalue weighted by atomic mass is 32.2. The lowest BCUT2D eigenvalue weighted by Gasteiger charge is -2.37. The van der Waals surface area contributed by atoms with E-state index in [9.17, 15) is 27.6 Å². The number of hydrogen-bond donors (Lipinski definition) is 3. The van der Waals surface area contributed by atoms with Gasteiger partial charge in [-0.3, -0.25) is 24.0 Å². The summed E-state index contributed by atoms with van der Waals surface area (Å²) in [7, 11) is -2.18. The maximum atomic E-state index is 15.3. The average Bonchev–Trinajstić information content (AvgIpc) is 3.58. The molecule has 7 rings (SSSR count). The number of ketones is 2. The highest BCUT2D eigenvalue weighted by Crippen LogP contribution is 2.88. The van der Waals surface area contributed by atoms with Crippen LogP contribution >= 0.6 is 0 Å². The first kappa shape index (κ1) is 43.4. The third-order valence-electron chi connectivity index (χ3n) is 17.2. The van der Waals surface area contributed by atoms with Crippen molar-refractivity contribution in [3.05, 3.63) is 12.7 Å². The number of nitrogens with one attached hydrogen (secondary N) is 3. The fourth-order valence-electron chi connectivity index (χ4n) is 13.0. The quantitative estimate of drug-likeness (QED) is 0.183. The lowest BCUT2D eigenvalue weighted by atomic mass is 9.73. The monoisotopic (exact) mass is 826 g/mol. The minimum absolute atomic E-state index is 0.0125. The summed E-state index contributed by atoms with van der Waals surface area (Å²) in [5.74, 6) is -2.63. The van der Waals surface area contributed by atoms with Crippen LogP contribution in [0.15, 0.2) is 12.7 Å². The van der Waals surface area contributed by atoms with Crippen LogP contribution in [0.1, 0.15) is 144 Å². The summed E-state index contributed by atoms with van der Waals surface area (Å²) in [5.41, 5.74) is -2.21. The van der Waals surface area contributed by atoms with Gasteiger partial charge in [-0.05, 0) is 99.3 Å². The molecule has 0 aromatic rings. The van der Waals surface area contributed by atoms with E-state index in [1.807, 2.05) is 27.8 Å². The second-order valence-corrected chi connectivity index (χ2v) is 22.8. The van der Waals surface area contributed by atoms with Gasteiger partial charge in [0.15, 0.2) is 11.6 Å². The summed E-state index contributed by atoms with van der Waals surface area (Å²) in [6.07, 6.45) is 14.3. The highest BCUT2D eigenvalue weighted by Gasteiger charge is 2.85. The molecule has 12 nitrogen and oxygen atoms in total. The van der Waals surface area contributed by atoms with Crippen LogP contribution in [0.2, 0.25) is 0 Å². The van der Waals surface area contributed by atoms with Crippen molar-refractivity contribution in [1.29, 1.82) is 0 Å². The van der Waals surface area contributed by atoms with E-state index in [1.165, 1.54) is 4.31 Å². The van der Waals surface area contributed by atoms with Crippen LogP contribution in [0.3, 0.4) is 0 Å². The van der Waals surface area contributed by atoms with Crippen LogP contribution in [0.25, 0.3) is 0 Å². The largest absolute Gasteiger partial charge is 0.346 e. The van der Waals surface area contributed by atoms with E-state index in [2.05, 4.69) is 35.8 Å². The summed E-state index contributed by atoms with van der Waals surface area (Å²) < 4.78 is 30.0. The van der Waals surface area contributed by atoms with E-state index in [4.69, 9.17) is 0 Å². The molecule has 0 radical (unpaired) electrons. The molecule has 0 aromatic heterocycles. The molecule has 0 aromatic carbocycles. The van der Waals surface area contributed by atoms with Gasteiger partial charge in [-0.2, -0.15) is 12.7 Å². The third-order valence-corrected chi connectivity index (χ3v) is 18.7. The lowest BCUT2D eigenvalue weighted by Crippen LogP contribution is -2.53. The molecule has 0 bridgehead atoms. The first-order valence-corrected chi connectivity index (χ1v) is 24.0. The summed E-state index contributed by atoms with van der Waals surface area (Å²) in [6.45, 7) is 15.5. The zero-order chi connectivity index (χ0) is 42.1. The normalized spacial score (nSPS) is 34.0. The summed E-state index contributed by atoms with van der Waals surface area (Å²) in [6, 6.07) is -1.40. The minimum Gasteiger partial charge on any atom is -0.346 e. The van der Waals surface area contributed by atoms with Gasteiger partial charge in [0, 0.05) is 49.9 Å². The van der Waals surface area contributed by atoms with Gasteiger partial charge in [0.05, 0.1) is 23.4 Å². The van der Waals surface area contributed by atoms with Crippen molar-refractivity contribution >= 4 is 39.5 Å². The van der Waals surface area contributed by atoms with Crippen molar-refractivity contribution in [2.75, 3.05) is 26.7 Å². The van der Waals surface area contributed by atoms with E-state index in [1.54, 1.807) is 11.0 Å². The van der Waals surface area contributed by atoms with Gasteiger partial charge in [0.1, 0.15) is 0 Å². The highest BCUT2D eigenvalue weighted by molar-refractivity contribution is 7.87. The Morgan fingerprint density at radius 2 is 1.55 bits per heavy atom. The van der Waals surface area contributed by atoms with Crippen molar-refractivity contribution in [3.8, 4) is 0 Å². The molecule has 2 heterocycles. The van der Waals surface area contributed by atoms with Crippen molar-refractivity contribution in [3.63, 3.8) is 0 Å². The predicted octanol–water partition coefficient (Wildman–Crippen LogP) is 5.47. The molecule has 3 amide bonds. The Balaban J connectivity index is 1.15. The number of nitrogens with zero attached hydrogens (tertiary/aromatic N) is 2. The number of fused-ring (bicyclic) bond motifs is 1. The van der Waals surface area contributed by atoms with E-state index in [-0.39, 0.29) is 76.3 Å². The van der Waals surface area contributed by atoms with Gasteiger partial charge in [0.2, 0.25) is 17.7 Å². The molecule has 8 atom stereocenters. The fraction of sp³-hybridized carbons (Fsp3) is 0.844. The number of allylic oxidation sites excluding steroid dienone is 1. The van der Waals surface area contributed by atoms with Crippen LogP contribution in [-0.4, -0.2) is 91.7 Å². The molecule has 1 unspecified atom stereocenters. The third kappa shape index (κ3) is 7.22. The SMILES string of the molecule is C=C[C@@H]1C[C@]1(CC(=O)[C@@H]1C[C@@]2(CN1C(=O)[C@@H](CC(=O)[C@@H](NC(=O)[C@@H]1CCCC1NC)C1CCCCC1)C(C)(C)C)C(C)(C)C21CCC1)C(=O)NS(=O)(=O)N1CCCC1. The maximum Gasteiger partial charge on any atom is 0.303 e. The standard InChI is InChI=1S/C45H71N5O7S/c1-8-30-25-43(30,40(55)48-58(56,57)49-22-12-13-23-49)27-36(52)34-26-45(42(5,6)44(45)20-15-21-44)28-50(34)39(54)32(41(2,3)4)24-35(51)37(29-16-10-9-11-17-29)47-38(53)31-18-14-19-33(31)46-7/h8,29-34,37,46H,1,9-28H2,2-7H3,(H,47,53)(H,48,55)/t30-,31-,32-,33?,34+,37+,43-,45-/m1/s1. The molecule has 2 spiro atoms. The van der Waals surface area contributed by atoms with Crippen LogP contribution in [-0.2, 0) is 34.2 Å². The van der Waals surface area contributed by atoms with E-state index >= 15 is 4.79 Å². The van der Waals surface area contributed by atoms with Crippen molar-refractivity contribution in [1.82, 2.24) is 24.6 Å². The average molecular weight is 826 g/mol. The molecule has 7 fully saturated rings. The number of carbonyl (C=O) groups excluding carboxylic acids is 5. The topological polar surface area (TPSA) is 162 Å². The minimum atomic E-state index is -4.06. The molecular formula is C45H71N5O7S. The molecule has 3 N–H and O–H groups in total. The zero-order valence-electron chi connectivity index (χ0n) is 36.1. The summed E-state index contributed by atoms with van der Waals surface area (Å²) in [5, 5.41) is 6.52. The lowest BCUT2D eigenvalue weighted by molar-refractivity contribution is -0.147. The van der Waals surface area contributed by atoms with E-state index in [0.29, 0.717) is 32.5 Å². The van der Waals surface area contributed by atoms with Crippen LogP contribution < -0.4 is 15.4 Å². The summed E-state index contributed by atoms with van der Waals surface area (Å²) in [4.78, 5) is 74.4. The Hall–Kier alpha value is -2.64. The smallest absolute Gasteiger partial charge is 0.303 e. The first-order chi connectivity index (χ1) is 27.3. The maximum absolute atomic E-state index is 15.3. The van der Waals surface area contributed by atoms with Gasteiger partial charge in [0.25, 0.3) is 0 Å². The van der Waals surface area contributed by atoms with Crippen molar-refractivity contribution < 1.29 is 32.4 Å². The Morgan fingerprint density at radius 3 is 2.10 bits per heavy atom. The Kier molecular flexibility index (Phi) is 11.7. The second-order valence-electron chi connectivity index (χ2n) is 21.1. The molecular weight excluding hydrogens is 755 g/mol. The van der Waals surface area contributed by atoms with Gasteiger partial charge in [-0.1, -0.05) is 72.8 Å². The van der Waals surface area contributed by atoms with Crippen molar-refractivity contribution in [2.24, 2.45) is 50.7 Å². The molecule has 58 heavy (non-hydrogen) atoms. The summed E-state index contributed by atoms with van der Waals surface area (Å²) >= 11 is 0. The molecule has 324 valence electrons. The van der Waals surface area contributed by atoms with Crippen LogP contribution in [0.5, 0.6) is 0 Å². The number of carbonyl (C=O) groups is 5. The molecule has 2 saturated heterocycles. The van der Waals surface area contributed by atoms with E-state index in [0.717, 1.165) is 83.5 Å². The molecule has 7 aliphatic rings. The molecule has 13 heteroatoms. The molecule has 5 aliphatic carbocycles. The van der Waals surface area contributed by atoms with Crippen LogP contribution in [0, 0.1) is 50.7 Å². The van der Waals surface area contributed by atoms with Gasteiger partial charge >= 0.3 is 10.2 Å². The number of rotatable bonds is 15. The Labute approximate surface area is 347 Å². The first-order valence-electron chi connectivity index (χ1n) is 22.6.